The number of benzene rings is 2. The quantitative estimate of drug-likeness (QED) is 0.836. The maximum absolute atomic E-state index is 12.2. The van der Waals surface area contributed by atoms with Crippen molar-refractivity contribution in [2.24, 2.45) is 0 Å². The molecule has 0 saturated heterocycles. The second-order valence-electron chi connectivity index (χ2n) is 6.01. The number of rotatable bonds is 5. The van der Waals surface area contributed by atoms with Crippen LogP contribution in [0, 0.1) is 6.92 Å². The number of carbonyl (C=O) groups excluding carboxylic acids is 1. The van der Waals surface area contributed by atoms with Crippen molar-refractivity contribution in [1.82, 2.24) is 4.90 Å². The van der Waals surface area contributed by atoms with Crippen LogP contribution in [0.3, 0.4) is 0 Å². The first-order chi connectivity index (χ1) is 11.2. The molecule has 0 aliphatic carbocycles. The van der Waals surface area contributed by atoms with E-state index in [2.05, 4.69) is 0 Å². The summed E-state index contributed by atoms with van der Waals surface area (Å²) in [7, 11) is -0.0270. The van der Waals surface area contributed by atoms with E-state index in [-0.39, 0.29) is 12.5 Å². The van der Waals surface area contributed by atoms with Gasteiger partial charge in [-0.3, -0.25) is 9.10 Å². The summed E-state index contributed by atoms with van der Waals surface area (Å²) in [5.41, 5.74) is 3.02. The number of aryl methyl sites for hydroxylation is 1. The fourth-order valence-electron chi connectivity index (χ4n) is 2.36. The van der Waals surface area contributed by atoms with Crippen molar-refractivity contribution in [3.63, 3.8) is 0 Å². The predicted octanol–water partition coefficient (Wildman–Crippen LogP) is 2.66. The average molecular weight is 346 g/mol. The van der Waals surface area contributed by atoms with E-state index in [1.54, 1.807) is 44.4 Å². The Balaban J connectivity index is 2.30. The highest BCUT2D eigenvalue weighted by Crippen LogP contribution is 2.22. The number of amides is 1. The maximum Gasteiger partial charge on any atom is 0.253 e. The van der Waals surface area contributed by atoms with E-state index in [1.807, 2.05) is 25.1 Å². The number of carbonyl (C=O) groups is 1. The molecule has 0 aliphatic rings. The molecule has 0 N–H and O–H groups in total. The number of hydrogen-bond acceptors (Lipinski definition) is 3. The third-order valence-electron chi connectivity index (χ3n) is 3.62. The van der Waals surface area contributed by atoms with E-state index >= 15 is 0 Å². The van der Waals surface area contributed by atoms with Crippen LogP contribution in [-0.2, 0) is 16.6 Å². The van der Waals surface area contributed by atoms with Crippen LogP contribution in [0.4, 0.5) is 5.69 Å². The molecule has 0 aromatic heterocycles. The molecule has 0 saturated carbocycles. The average Bonchev–Trinajstić information content (AvgIpc) is 2.51. The first-order valence-electron chi connectivity index (χ1n) is 7.53. The Morgan fingerprint density at radius 1 is 1.04 bits per heavy atom. The molecular formula is C18H22N2O3S. The fourth-order valence-corrected chi connectivity index (χ4v) is 3.24. The molecule has 2 aromatic carbocycles. The molecular weight excluding hydrogens is 324 g/mol. The molecule has 2 rings (SSSR count). The normalized spacial score (nSPS) is 11.2. The molecule has 0 spiro atoms. The molecule has 0 aliphatic heterocycles. The molecule has 1 amide bonds. The van der Waals surface area contributed by atoms with Crippen LogP contribution >= 0.6 is 0 Å². The van der Waals surface area contributed by atoms with Gasteiger partial charge in [0.2, 0.25) is 10.0 Å². The van der Waals surface area contributed by atoms with Gasteiger partial charge in [0.25, 0.3) is 5.91 Å². The lowest BCUT2D eigenvalue weighted by Gasteiger charge is -2.23. The SMILES string of the molecule is Cc1cccc(N(Cc2ccc(C(=O)N(C)C)cc2)S(C)(=O)=O)c1. The second-order valence-corrected chi connectivity index (χ2v) is 7.91. The van der Waals surface area contributed by atoms with Crippen LogP contribution < -0.4 is 4.31 Å². The van der Waals surface area contributed by atoms with Gasteiger partial charge >= 0.3 is 0 Å². The Hall–Kier alpha value is -2.34. The number of nitrogens with zero attached hydrogens (tertiary/aromatic N) is 2. The van der Waals surface area contributed by atoms with Gasteiger partial charge in [0.1, 0.15) is 0 Å². The van der Waals surface area contributed by atoms with Crippen LogP contribution in [0.25, 0.3) is 0 Å². The van der Waals surface area contributed by atoms with Gasteiger partial charge in [0, 0.05) is 19.7 Å². The lowest BCUT2D eigenvalue weighted by molar-refractivity contribution is 0.0827. The summed E-state index contributed by atoms with van der Waals surface area (Å²) in [6.45, 7) is 2.14. The molecule has 0 atom stereocenters. The largest absolute Gasteiger partial charge is 0.345 e. The van der Waals surface area contributed by atoms with Crippen LogP contribution in [-0.4, -0.2) is 39.6 Å². The summed E-state index contributed by atoms with van der Waals surface area (Å²) in [6, 6.07) is 14.4. The van der Waals surface area contributed by atoms with E-state index in [4.69, 9.17) is 0 Å². The summed E-state index contributed by atoms with van der Waals surface area (Å²) in [5.74, 6) is -0.0831. The number of anilines is 1. The lowest BCUT2D eigenvalue weighted by Crippen LogP contribution is -2.29. The summed E-state index contributed by atoms with van der Waals surface area (Å²) < 4.78 is 25.7. The van der Waals surface area contributed by atoms with Crippen molar-refractivity contribution in [1.29, 1.82) is 0 Å². The van der Waals surface area contributed by atoms with Crippen LogP contribution in [0.1, 0.15) is 21.5 Å². The van der Waals surface area contributed by atoms with Crippen LogP contribution in [0.15, 0.2) is 48.5 Å². The third-order valence-corrected chi connectivity index (χ3v) is 4.76. The summed E-state index contributed by atoms with van der Waals surface area (Å²) in [5, 5.41) is 0. The zero-order valence-corrected chi connectivity index (χ0v) is 15.2. The van der Waals surface area contributed by atoms with Crippen molar-refractivity contribution < 1.29 is 13.2 Å². The molecule has 24 heavy (non-hydrogen) atoms. The summed E-state index contributed by atoms with van der Waals surface area (Å²) in [4.78, 5) is 13.4. The Morgan fingerprint density at radius 2 is 1.67 bits per heavy atom. The van der Waals surface area contributed by atoms with Crippen LogP contribution in [0.2, 0.25) is 0 Å². The van der Waals surface area contributed by atoms with Crippen molar-refractivity contribution in [2.45, 2.75) is 13.5 Å². The standard InChI is InChI=1S/C18H22N2O3S/c1-14-6-5-7-17(12-14)20(24(4,22)23)13-15-8-10-16(11-9-15)18(21)19(2)3/h5-12H,13H2,1-4H3. The highest BCUT2D eigenvalue weighted by atomic mass is 32.2. The Kier molecular flexibility index (Phi) is 5.29. The second kappa shape index (κ2) is 7.05. The molecule has 0 bridgehead atoms. The van der Waals surface area contributed by atoms with E-state index < -0.39 is 10.0 Å². The Bertz CT molecular complexity index is 828. The first kappa shape index (κ1) is 18.0. The third kappa shape index (κ3) is 4.35. The highest BCUT2D eigenvalue weighted by molar-refractivity contribution is 7.92. The molecule has 0 radical (unpaired) electrons. The molecule has 0 fully saturated rings. The fraction of sp³-hybridized carbons (Fsp3) is 0.278. The summed E-state index contributed by atoms with van der Waals surface area (Å²) >= 11 is 0. The number of sulfonamides is 1. The van der Waals surface area contributed by atoms with Gasteiger partial charge in [-0.2, -0.15) is 0 Å². The molecule has 0 unspecified atom stereocenters. The lowest BCUT2D eigenvalue weighted by atomic mass is 10.1. The zero-order chi connectivity index (χ0) is 17.9. The minimum Gasteiger partial charge on any atom is -0.345 e. The molecule has 6 heteroatoms. The highest BCUT2D eigenvalue weighted by Gasteiger charge is 2.18. The minimum atomic E-state index is -3.41. The van der Waals surface area contributed by atoms with Gasteiger partial charge in [-0.25, -0.2) is 8.42 Å². The van der Waals surface area contributed by atoms with Crippen LogP contribution in [0.5, 0.6) is 0 Å². The van der Waals surface area contributed by atoms with E-state index in [0.29, 0.717) is 11.3 Å². The van der Waals surface area contributed by atoms with Crippen molar-refractivity contribution in [3.05, 3.63) is 65.2 Å². The van der Waals surface area contributed by atoms with Gasteiger partial charge in [-0.1, -0.05) is 24.3 Å². The molecule has 128 valence electrons. The van der Waals surface area contributed by atoms with Crippen molar-refractivity contribution >= 4 is 21.6 Å². The van der Waals surface area contributed by atoms with Gasteiger partial charge in [0.05, 0.1) is 18.5 Å². The zero-order valence-electron chi connectivity index (χ0n) is 14.4. The monoisotopic (exact) mass is 346 g/mol. The Morgan fingerprint density at radius 3 is 2.17 bits per heavy atom. The summed E-state index contributed by atoms with van der Waals surface area (Å²) in [6.07, 6.45) is 1.19. The van der Waals surface area contributed by atoms with E-state index in [0.717, 1.165) is 11.1 Å². The molecule has 2 aromatic rings. The van der Waals surface area contributed by atoms with Gasteiger partial charge in [-0.15, -0.1) is 0 Å². The van der Waals surface area contributed by atoms with Gasteiger partial charge in [0.15, 0.2) is 0 Å². The Labute approximate surface area is 143 Å². The van der Waals surface area contributed by atoms with Gasteiger partial charge in [-0.05, 0) is 42.3 Å². The van der Waals surface area contributed by atoms with Crippen molar-refractivity contribution in [2.75, 3.05) is 24.7 Å². The molecule has 0 heterocycles. The van der Waals surface area contributed by atoms with E-state index in [1.165, 1.54) is 15.5 Å². The predicted molar refractivity (Wildman–Crippen MR) is 96.7 cm³/mol. The number of hydrogen-bond donors (Lipinski definition) is 0. The first-order valence-corrected chi connectivity index (χ1v) is 9.38. The smallest absolute Gasteiger partial charge is 0.253 e. The van der Waals surface area contributed by atoms with Gasteiger partial charge < -0.3 is 4.90 Å². The minimum absolute atomic E-state index is 0.0831. The van der Waals surface area contributed by atoms with E-state index in [9.17, 15) is 13.2 Å². The molecule has 5 nitrogen and oxygen atoms in total. The van der Waals surface area contributed by atoms with Crippen molar-refractivity contribution in [3.8, 4) is 0 Å². The topological polar surface area (TPSA) is 57.7 Å². The maximum atomic E-state index is 12.2.